The first-order chi connectivity index (χ1) is 7.35. The van der Waals surface area contributed by atoms with Crippen LogP contribution in [0.2, 0.25) is 0 Å². The number of hydrogen-bond donors (Lipinski definition) is 1. The quantitative estimate of drug-likeness (QED) is 0.867. The summed E-state index contributed by atoms with van der Waals surface area (Å²) in [6.07, 6.45) is 0. The summed E-state index contributed by atoms with van der Waals surface area (Å²) in [7, 11) is 0. The molecular weight excluding hydrogens is 211 g/mol. The maximum absolute atomic E-state index is 12.5. The van der Waals surface area contributed by atoms with E-state index in [2.05, 4.69) is 4.98 Å². The first-order valence-corrected chi connectivity index (χ1v) is 5.47. The van der Waals surface area contributed by atoms with Crippen LogP contribution in [0.4, 0.5) is 4.39 Å². The van der Waals surface area contributed by atoms with Gasteiger partial charge in [-0.3, -0.25) is 0 Å². The minimum Gasteiger partial charge on any atom is -0.325 e. The minimum absolute atomic E-state index is 0.348. The van der Waals surface area contributed by atoms with Gasteiger partial charge < -0.3 is 5.73 Å². The molecule has 0 aliphatic heterocycles. The number of hydrogen-bond acceptors (Lipinski definition) is 3. The number of halogens is 1. The molecule has 0 amide bonds. The first-order valence-electron chi connectivity index (χ1n) is 4.65. The molecule has 0 saturated heterocycles. The van der Waals surface area contributed by atoms with Crippen LogP contribution >= 0.6 is 11.3 Å². The molecule has 2 aromatic rings. The van der Waals surface area contributed by atoms with Gasteiger partial charge in [0.25, 0.3) is 0 Å². The summed E-state index contributed by atoms with van der Waals surface area (Å²) in [5.41, 5.74) is 7.41. The topological polar surface area (TPSA) is 38.9 Å². The second-order valence-electron chi connectivity index (χ2n) is 3.09. The van der Waals surface area contributed by atoms with E-state index in [1.165, 1.54) is 11.3 Å². The summed E-state index contributed by atoms with van der Waals surface area (Å²) in [6.45, 7) is -0.175. The van der Waals surface area contributed by atoms with Crippen molar-refractivity contribution in [2.24, 2.45) is 5.73 Å². The number of aromatic nitrogens is 1. The first kappa shape index (κ1) is 10.3. The van der Waals surface area contributed by atoms with Crippen molar-refractivity contribution in [2.45, 2.75) is 13.2 Å². The molecular formula is C11H11FN2S. The molecule has 0 aliphatic rings. The molecule has 15 heavy (non-hydrogen) atoms. The van der Waals surface area contributed by atoms with Crippen LogP contribution in [-0.2, 0) is 13.2 Å². The van der Waals surface area contributed by atoms with Gasteiger partial charge in [0.2, 0.25) is 0 Å². The van der Waals surface area contributed by atoms with E-state index in [9.17, 15) is 4.39 Å². The van der Waals surface area contributed by atoms with E-state index in [1.54, 1.807) is 0 Å². The van der Waals surface area contributed by atoms with Crippen molar-refractivity contribution < 1.29 is 4.39 Å². The van der Waals surface area contributed by atoms with E-state index in [4.69, 9.17) is 5.73 Å². The molecule has 0 unspecified atom stereocenters. The van der Waals surface area contributed by atoms with Crippen LogP contribution in [-0.4, -0.2) is 4.98 Å². The highest BCUT2D eigenvalue weighted by Crippen LogP contribution is 2.30. The molecule has 2 rings (SSSR count). The van der Waals surface area contributed by atoms with Crippen molar-refractivity contribution in [3.05, 3.63) is 41.0 Å². The van der Waals surface area contributed by atoms with Crippen molar-refractivity contribution in [2.75, 3.05) is 0 Å². The average Bonchev–Trinajstić information content (AvgIpc) is 2.73. The predicted molar refractivity (Wildman–Crippen MR) is 60.3 cm³/mol. The SMILES string of the molecule is NCc1nc(CF)sc1-c1ccccc1. The highest BCUT2D eigenvalue weighted by atomic mass is 32.1. The molecule has 0 saturated carbocycles. The predicted octanol–water partition coefficient (Wildman–Crippen LogP) is 2.74. The second-order valence-corrected chi connectivity index (χ2v) is 4.17. The molecule has 1 aromatic carbocycles. The van der Waals surface area contributed by atoms with E-state index >= 15 is 0 Å². The summed E-state index contributed by atoms with van der Waals surface area (Å²) in [5, 5.41) is 0.495. The Bertz CT molecular complexity index is 439. The van der Waals surface area contributed by atoms with Crippen LogP contribution in [0.5, 0.6) is 0 Å². The maximum atomic E-state index is 12.5. The Hall–Kier alpha value is -1.26. The molecule has 0 radical (unpaired) electrons. The van der Waals surface area contributed by atoms with Gasteiger partial charge >= 0.3 is 0 Å². The van der Waals surface area contributed by atoms with Gasteiger partial charge in [-0.25, -0.2) is 9.37 Å². The maximum Gasteiger partial charge on any atom is 0.141 e. The minimum atomic E-state index is -0.523. The summed E-state index contributed by atoms with van der Waals surface area (Å²) in [4.78, 5) is 5.12. The zero-order valence-corrected chi connectivity index (χ0v) is 8.93. The largest absolute Gasteiger partial charge is 0.325 e. The van der Waals surface area contributed by atoms with Crippen molar-refractivity contribution in [3.63, 3.8) is 0 Å². The van der Waals surface area contributed by atoms with E-state index < -0.39 is 6.67 Å². The third kappa shape index (κ3) is 2.06. The Morgan fingerprint density at radius 2 is 2.00 bits per heavy atom. The molecule has 0 atom stereocenters. The van der Waals surface area contributed by atoms with Crippen LogP contribution in [0.15, 0.2) is 30.3 Å². The molecule has 1 heterocycles. The summed E-state index contributed by atoms with van der Waals surface area (Å²) < 4.78 is 12.5. The number of rotatable bonds is 3. The Morgan fingerprint density at radius 3 is 2.60 bits per heavy atom. The van der Waals surface area contributed by atoms with Crippen molar-refractivity contribution in [1.82, 2.24) is 4.98 Å². The molecule has 78 valence electrons. The van der Waals surface area contributed by atoms with Gasteiger partial charge in [-0.2, -0.15) is 0 Å². The number of nitrogens with two attached hydrogens (primary N) is 1. The summed E-state index contributed by atoms with van der Waals surface area (Å²) in [6, 6.07) is 9.81. The van der Waals surface area contributed by atoms with E-state index in [0.717, 1.165) is 16.1 Å². The molecule has 2 N–H and O–H groups in total. The normalized spacial score (nSPS) is 10.5. The lowest BCUT2D eigenvalue weighted by Crippen LogP contribution is -1.98. The van der Waals surface area contributed by atoms with E-state index in [1.807, 2.05) is 30.3 Å². The van der Waals surface area contributed by atoms with Crippen LogP contribution in [0.25, 0.3) is 10.4 Å². The third-order valence-corrected chi connectivity index (χ3v) is 3.20. The molecule has 0 spiro atoms. The van der Waals surface area contributed by atoms with Gasteiger partial charge in [0.1, 0.15) is 11.7 Å². The Morgan fingerprint density at radius 1 is 1.27 bits per heavy atom. The van der Waals surface area contributed by atoms with Crippen molar-refractivity contribution >= 4 is 11.3 Å². The highest BCUT2D eigenvalue weighted by Gasteiger charge is 2.10. The second kappa shape index (κ2) is 4.51. The molecule has 0 bridgehead atoms. The Labute approximate surface area is 91.6 Å². The Balaban J connectivity index is 2.47. The lowest BCUT2D eigenvalue weighted by Gasteiger charge is -1.98. The summed E-state index contributed by atoms with van der Waals surface area (Å²) >= 11 is 1.37. The van der Waals surface area contributed by atoms with Crippen molar-refractivity contribution in [1.29, 1.82) is 0 Å². The molecule has 4 heteroatoms. The fourth-order valence-corrected chi connectivity index (χ4v) is 2.36. The number of alkyl halides is 1. The van der Waals surface area contributed by atoms with Crippen molar-refractivity contribution in [3.8, 4) is 10.4 Å². The van der Waals surface area contributed by atoms with Crippen LogP contribution < -0.4 is 5.73 Å². The number of thiazole rings is 1. The Kier molecular flexibility index (Phi) is 3.08. The molecule has 1 aromatic heterocycles. The molecule has 0 aliphatic carbocycles. The average molecular weight is 222 g/mol. The smallest absolute Gasteiger partial charge is 0.141 e. The third-order valence-electron chi connectivity index (χ3n) is 2.09. The molecule has 2 nitrogen and oxygen atoms in total. The van der Waals surface area contributed by atoms with Gasteiger partial charge in [0, 0.05) is 6.54 Å². The standard InChI is InChI=1S/C11H11FN2S/c12-6-10-14-9(7-13)11(15-10)8-4-2-1-3-5-8/h1-5H,6-7,13H2. The monoisotopic (exact) mass is 222 g/mol. The zero-order chi connectivity index (χ0) is 10.7. The lowest BCUT2D eigenvalue weighted by atomic mass is 10.1. The van der Waals surface area contributed by atoms with E-state index in [-0.39, 0.29) is 0 Å². The fourth-order valence-electron chi connectivity index (χ4n) is 1.41. The van der Waals surface area contributed by atoms with Gasteiger partial charge in [-0.1, -0.05) is 30.3 Å². The van der Waals surface area contributed by atoms with E-state index in [0.29, 0.717) is 11.6 Å². The van der Waals surface area contributed by atoms with Crippen LogP contribution in [0.3, 0.4) is 0 Å². The number of benzene rings is 1. The number of nitrogens with zero attached hydrogens (tertiary/aromatic N) is 1. The highest BCUT2D eigenvalue weighted by molar-refractivity contribution is 7.15. The van der Waals surface area contributed by atoms with Crippen LogP contribution in [0, 0.1) is 0 Å². The van der Waals surface area contributed by atoms with Gasteiger partial charge in [0.15, 0.2) is 0 Å². The van der Waals surface area contributed by atoms with Gasteiger partial charge in [-0.05, 0) is 5.56 Å². The molecule has 0 fully saturated rings. The van der Waals surface area contributed by atoms with Gasteiger partial charge in [0.05, 0.1) is 10.6 Å². The zero-order valence-electron chi connectivity index (χ0n) is 8.11. The van der Waals surface area contributed by atoms with Crippen LogP contribution in [0.1, 0.15) is 10.7 Å². The fraction of sp³-hybridized carbons (Fsp3) is 0.182. The van der Waals surface area contributed by atoms with Gasteiger partial charge in [-0.15, -0.1) is 11.3 Å². The lowest BCUT2D eigenvalue weighted by molar-refractivity contribution is 0.483. The summed E-state index contributed by atoms with van der Waals surface area (Å²) in [5.74, 6) is 0.